The normalized spacial score (nSPS) is 32.4. The SMILES string of the molecule is CN(CC1CCCCC1)CC1CC(O)CN1. The molecule has 2 unspecified atom stereocenters. The Morgan fingerprint density at radius 3 is 2.56 bits per heavy atom. The van der Waals surface area contributed by atoms with Gasteiger partial charge < -0.3 is 15.3 Å². The molecule has 3 heteroatoms. The molecule has 1 aliphatic carbocycles. The molecule has 1 aliphatic heterocycles. The third-order valence-corrected chi connectivity index (χ3v) is 4.03. The Kier molecular flexibility index (Phi) is 4.62. The van der Waals surface area contributed by atoms with Crippen LogP contribution in [0.2, 0.25) is 0 Å². The molecule has 0 radical (unpaired) electrons. The number of hydrogen-bond acceptors (Lipinski definition) is 3. The van der Waals surface area contributed by atoms with Crippen LogP contribution < -0.4 is 5.32 Å². The smallest absolute Gasteiger partial charge is 0.0680 e. The van der Waals surface area contributed by atoms with Gasteiger partial charge in [0.25, 0.3) is 0 Å². The van der Waals surface area contributed by atoms with Gasteiger partial charge in [-0.25, -0.2) is 0 Å². The van der Waals surface area contributed by atoms with Gasteiger partial charge in [0.05, 0.1) is 6.10 Å². The van der Waals surface area contributed by atoms with Crippen LogP contribution in [0.15, 0.2) is 0 Å². The zero-order chi connectivity index (χ0) is 11.4. The van der Waals surface area contributed by atoms with Gasteiger partial charge in [-0.05, 0) is 32.2 Å². The average molecular weight is 226 g/mol. The predicted molar refractivity (Wildman–Crippen MR) is 66.5 cm³/mol. The molecule has 0 amide bonds. The van der Waals surface area contributed by atoms with Crippen molar-refractivity contribution in [3.63, 3.8) is 0 Å². The van der Waals surface area contributed by atoms with Crippen molar-refractivity contribution in [2.24, 2.45) is 5.92 Å². The Morgan fingerprint density at radius 1 is 1.19 bits per heavy atom. The van der Waals surface area contributed by atoms with Crippen LogP contribution in [0.5, 0.6) is 0 Å². The van der Waals surface area contributed by atoms with Gasteiger partial charge in [-0.1, -0.05) is 19.3 Å². The van der Waals surface area contributed by atoms with Crippen molar-refractivity contribution >= 4 is 0 Å². The topological polar surface area (TPSA) is 35.5 Å². The molecule has 1 heterocycles. The lowest BCUT2D eigenvalue weighted by Crippen LogP contribution is -2.37. The summed E-state index contributed by atoms with van der Waals surface area (Å²) in [5.74, 6) is 0.921. The number of β-amino-alcohol motifs (C(OH)–C–C–N with tert-alkyl or cyclic N) is 1. The summed E-state index contributed by atoms with van der Waals surface area (Å²) in [4.78, 5) is 2.45. The second kappa shape index (κ2) is 5.99. The zero-order valence-corrected chi connectivity index (χ0v) is 10.5. The minimum atomic E-state index is -0.118. The van der Waals surface area contributed by atoms with E-state index in [2.05, 4.69) is 17.3 Å². The lowest BCUT2D eigenvalue weighted by molar-refractivity contribution is 0.184. The molecule has 2 atom stereocenters. The number of likely N-dealkylation sites (N-methyl/N-ethyl adjacent to an activating group) is 1. The molecule has 2 aliphatic rings. The van der Waals surface area contributed by atoms with E-state index in [0.29, 0.717) is 6.04 Å². The second-order valence-corrected chi connectivity index (χ2v) is 5.72. The number of nitrogens with one attached hydrogen (secondary N) is 1. The maximum absolute atomic E-state index is 9.45. The first-order valence-electron chi connectivity index (χ1n) is 6.84. The van der Waals surface area contributed by atoms with Crippen molar-refractivity contribution in [3.05, 3.63) is 0 Å². The van der Waals surface area contributed by atoms with Crippen LogP contribution in [-0.2, 0) is 0 Å². The molecule has 3 nitrogen and oxygen atoms in total. The first kappa shape index (κ1) is 12.3. The fraction of sp³-hybridized carbons (Fsp3) is 1.00. The second-order valence-electron chi connectivity index (χ2n) is 5.72. The van der Waals surface area contributed by atoms with Gasteiger partial charge in [-0.15, -0.1) is 0 Å². The van der Waals surface area contributed by atoms with Crippen molar-refractivity contribution < 1.29 is 5.11 Å². The molecule has 1 saturated carbocycles. The van der Waals surface area contributed by atoms with Gasteiger partial charge in [-0.3, -0.25) is 0 Å². The quantitative estimate of drug-likeness (QED) is 0.756. The van der Waals surface area contributed by atoms with Crippen molar-refractivity contribution in [3.8, 4) is 0 Å². The third kappa shape index (κ3) is 3.72. The van der Waals surface area contributed by atoms with Crippen LogP contribution in [0, 0.1) is 5.92 Å². The number of hydrogen-bond donors (Lipinski definition) is 2. The summed E-state index contributed by atoms with van der Waals surface area (Å²) < 4.78 is 0. The van der Waals surface area contributed by atoms with Gasteiger partial charge in [-0.2, -0.15) is 0 Å². The molecule has 0 bridgehead atoms. The van der Waals surface area contributed by atoms with Gasteiger partial charge >= 0.3 is 0 Å². The van der Waals surface area contributed by atoms with Gasteiger partial charge in [0, 0.05) is 25.7 Å². The minimum absolute atomic E-state index is 0.118. The summed E-state index contributed by atoms with van der Waals surface area (Å²) in [5.41, 5.74) is 0. The molecule has 0 aromatic carbocycles. The van der Waals surface area contributed by atoms with E-state index in [1.54, 1.807) is 0 Å². The predicted octanol–water partition coefficient (Wildman–Crippen LogP) is 1.22. The number of aliphatic hydroxyl groups excluding tert-OH is 1. The van der Waals surface area contributed by atoms with Gasteiger partial charge in [0.15, 0.2) is 0 Å². The number of nitrogens with zero attached hydrogens (tertiary/aromatic N) is 1. The standard InChI is InChI=1S/C13H26N2O/c1-15(9-11-5-3-2-4-6-11)10-12-7-13(16)8-14-12/h11-14,16H,2-10H2,1H3. The molecule has 16 heavy (non-hydrogen) atoms. The monoisotopic (exact) mass is 226 g/mol. The number of aliphatic hydroxyl groups is 1. The molecule has 2 fully saturated rings. The van der Waals surface area contributed by atoms with E-state index in [1.807, 2.05) is 0 Å². The highest BCUT2D eigenvalue weighted by molar-refractivity contribution is 4.83. The molecule has 94 valence electrons. The molecule has 2 rings (SSSR count). The van der Waals surface area contributed by atoms with Crippen LogP contribution in [0.4, 0.5) is 0 Å². The van der Waals surface area contributed by atoms with Crippen LogP contribution in [0.25, 0.3) is 0 Å². The Hall–Kier alpha value is -0.120. The lowest BCUT2D eigenvalue weighted by Gasteiger charge is -2.28. The van der Waals surface area contributed by atoms with Crippen molar-refractivity contribution in [2.75, 3.05) is 26.7 Å². The Labute approximate surface area is 99.2 Å². The van der Waals surface area contributed by atoms with Gasteiger partial charge in [0.2, 0.25) is 0 Å². The van der Waals surface area contributed by atoms with E-state index in [9.17, 15) is 5.11 Å². The molecular formula is C13H26N2O. The van der Waals surface area contributed by atoms with Crippen LogP contribution in [0.1, 0.15) is 38.5 Å². The van der Waals surface area contributed by atoms with E-state index in [-0.39, 0.29) is 6.10 Å². The highest BCUT2D eigenvalue weighted by atomic mass is 16.3. The zero-order valence-electron chi connectivity index (χ0n) is 10.5. The summed E-state index contributed by atoms with van der Waals surface area (Å²) in [5, 5.41) is 12.8. The van der Waals surface area contributed by atoms with E-state index in [4.69, 9.17) is 0 Å². The molecule has 2 N–H and O–H groups in total. The summed E-state index contributed by atoms with van der Waals surface area (Å²) >= 11 is 0. The minimum Gasteiger partial charge on any atom is -0.392 e. The third-order valence-electron chi connectivity index (χ3n) is 4.03. The maximum Gasteiger partial charge on any atom is 0.0680 e. The van der Waals surface area contributed by atoms with Crippen LogP contribution in [-0.4, -0.2) is 48.8 Å². The Balaban J connectivity index is 1.65. The Morgan fingerprint density at radius 2 is 1.94 bits per heavy atom. The van der Waals surface area contributed by atoms with Crippen LogP contribution >= 0.6 is 0 Å². The Bertz CT molecular complexity index is 197. The average Bonchev–Trinajstić information content (AvgIpc) is 2.65. The highest BCUT2D eigenvalue weighted by Crippen LogP contribution is 2.24. The summed E-state index contributed by atoms with van der Waals surface area (Å²) in [6.45, 7) is 3.11. The highest BCUT2D eigenvalue weighted by Gasteiger charge is 2.24. The molecule has 0 aromatic heterocycles. The lowest BCUT2D eigenvalue weighted by atomic mass is 9.89. The van der Waals surface area contributed by atoms with E-state index < -0.39 is 0 Å². The molecule has 1 saturated heterocycles. The summed E-state index contributed by atoms with van der Waals surface area (Å²) in [6.07, 6.45) is 7.95. The molecule has 0 spiro atoms. The number of rotatable bonds is 4. The largest absolute Gasteiger partial charge is 0.392 e. The maximum atomic E-state index is 9.45. The van der Waals surface area contributed by atoms with Crippen molar-refractivity contribution in [1.82, 2.24) is 10.2 Å². The fourth-order valence-corrected chi connectivity index (χ4v) is 3.20. The van der Waals surface area contributed by atoms with Crippen molar-refractivity contribution in [2.45, 2.75) is 50.7 Å². The fourth-order valence-electron chi connectivity index (χ4n) is 3.20. The first-order valence-corrected chi connectivity index (χ1v) is 6.84. The van der Waals surface area contributed by atoms with Crippen molar-refractivity contribution in [1.29, 1.82) is 0 Å². The first-order chi connectivity index (χ1) is 7.74. The van der Waals surface area contributed by atoms with Crippen LogP contribution in [0.3, 0.4) is 0 Å². The van der Waals surface area contributed by atoms with E-state index in [0.717, 1.165) is 25.4 Å². The van der Waals surface area contributed by atoms with E-state index >= 15 is 0 Å². The summed E-state index contributed by atoms with van der Waals surface area (Å²) in [7, 11) is 2.22. The van der Waals surface area contributed by atoms with E-state index in [1.165, 1.54) is 38.6 Å². The molecule has 0 aromatic rings. The van der Waals surface area contributed by atoms with Gasteiger partial charge in [0.1, 0.15) is 0 Å². The molecular weight excluding hydrogens is 200 g/mol. The summed E-state index contributed by atoms with van der Waals surface area (Å²) in [6, 6.07) is 0.503.